The van der Waals surface area contributed by atoms with Crippen molar-refractivity contribution in [2.24, 2.45) is 5.73 Å². The van der Waals surface area contributed by atoms with Gasteiger partial charge in [-0.05, 0) is 30.3 Å². The minimum Gasteiger partial charge on any atom is -0.493 e. The second kappa shape index (κ2) is 12.4. The largest absolute Gasteiger partial charge is 0.493 e. The number of nitrogen functional groups attached to an aromatic ring is 1. The first kappa shape index (κ1) is 29.3. The van der Waals surface area contributed by atoms with Crippen molar-refractivity contribution in [3.05, 3.63) is 47.4 Å². The summed E-state index contributed by atoms with van der Waals surface area (Å²) in [4.78, 5) is 57.8. The van der Waals surface area contributed by atoms with Crippen LogP contribution in [-0.4, -0.2) is 60.1 Å². The van der Waals surface area contributed by atoms with Crippen molar-refractivity contribution in [3.8, 4) is 11.5 Å². The number of rotatable bonds is 11. The normalized spacial score (nSPS) is 11.7. The number of amidine groups is 1. The molecular formula is C22H20F3N3O10. The average molecular weight is 543 g/mol. The zero-order chi connectivity index (χ0) is 28.6. The molecule has 5 N–H and O–H groups in total. The fourth-order valence-electron chi connectivity index (χ4n) is 2.76. The molecule has 0 saturated carbocycles. The summed E-state index contributed by atoms with van der Waals surface area (Å²) in [6.07, 6.45) is -7.24. The van der Waals surface area contributed by atoms with Gasteiger partial charge in [0.25, 0.3) is 0 Å². The van der Waals surface area contributed by atoms with E-state index < -0.39 is 54.8 Å². The smallest absolute Gasteiger partial charge is 0.491 e. The Labute approximate surface area is 211 Å². The minimum atomic E-state index is -5.46. The fraction of sp³-hybridized carbons (Fsp3) is 0.273. The number of carboxylic acids is 1. The molecule has 1 aromatic heterocycles. The van der Waals surface area contributed by atoms with Crippen LogP contribution in [0.3, 0.4) is 0 Å². The van der Waals surface area contributed by atoms with Crippen LogP contribution in [0.25, 0.3) is 0 Å². The number of aryl methyl sites for hydroxylation is 1. The molecule has 0 unspecified atom stereocenters. The molecule has 2 rings (SSSR count). The van der Waals surface area contributed by atoms with Gasteiger partial charge in [-0.1, -0.05) is 0 Å². The highest BCUT2D eigenvalue weighted by molar-refractivity contribution is 5.96. The molecule has 0 spiro atoms. The van der Waals surface area contributed by atoms with Crippen LogP contribution in [0.5, 0.6) is 11.5 Å². The second-order valence-corrected chi connectivity index (χ2v) is 7.36. The van der Waals surface area contributed by atoms with Crippen LogP contribution in [-0.2, 0) is 30.3 Å². The molecule has 1 atom stereocenters. The highest BCUT2D eigenvalue weighted by atomic mass is 19.4. The van der Waals surface area contributed by atoms with E-state index in [0.29, 0.717) is 5.56 Å². The van der Waals surface area contributed by atoms with E-state index in [2.05, 4.69) is 4.74 Å². The van der Waals surface area contributed by atoms with Crippen molar-refractivity contribution in [3.63, 3.8) is 0 Å². The number of hydrogen-bond donors (Lipinski definition) is 4. The van der Waals surface area contributed by atoms with E-state index in [0.717, 1.165) is 0 Å². The van der Waals surface area contributed by atoms with E-state index in [1.807, 2.05) is 5.32 Å². The molecule has 1 amide bonds. The number of nitrogens with two attached hydrogens (primary N) is 1. The number of ether oxygens (including phenoxy) is 3. The van der Waals surface area contributed by atoms with Crippen molar-refractivity contribution >= 4 is 35.6 Å². The Morgan fingerprint density at radius 3 is 2.39 bits per heavy atom. The topological polar surface area (TPSA) is 208 Å². The predicted octanol–water partition coefficient (Wildman–Crippen LogP) is 1.32. The van der Waals surface area contributed by atoms with E-state index in [1.165, 1.54) is 37.4 Å². The maximum Gasteiger partial charge on any atom is 0.491 e. The van der Waals surface area contributed by atoms with Crippen LogP contribution in [0.4, 0.5) is 13.2 Å². The fourth-order valence-corrected chi connectivity index (χ4v) is 2.76. The monoisotopic (exact) mass is 543 g/mol. The van der Waals surface area contributed by atoms with E-state index in [4.69, 9.17) is 30.1 Å². The summed E-state index contributed by atoms with van der Waals surface area (Å²) in [6, 6.07) is 4.79. The molecule has 1 heterocycles. The molecule has 0 saturated heterocycles. The number of benzene rings is 1. The maximum atomic E-state index is 12.4. The average Bonchev–Trinajstić information content (AvgIpc) is 3.31. The number of hydrogen-bond acceptors (Lipinski definition) is 10. The summed E-state index contributed by atoms with van der Waals surface area (Å²) in [6.45, 7) is 0. The molecule has 1 aromatic carbocycles. The van der Waals surface area contributed by atoms with Crippen molar-refractivity contribution in [1.82, 2.24) is 5.32 Å². The number of amides is 1. The number of carbonyl (C=O) groups excluding carboxylic acids is 4. The molecule has 0 aliphatic rings. The third kappa shape index (κ3) is 8.35. The van der Waals surface area contributed by atoms with E-state index in [1.54, 1.807) is 0 Å². The molecular weight excluding hydrogens is 523 g/mol. The lowest BCUT2D eigenvalue weighted by atomic mass is 10.2. The van der Waals surface area contributed by atoms with Crippen molar-refractivity contribution < 1.29 is 60.9 Å². The van der Waals surface area contributed by atoms with Crippen LogP contribution in [0.15, 0.2) is 34.7 Å². The molecule has 38 heavy (non-hydrogen) atoms. The van der Waals surface area contributed by atoms with Gasteiger partial charge in [0.2, 0.25) is 11.7 Å². The van der Waals surface area contributed by atoms with Gasteiger partial charge in [0.05, 0.1) is 13.5 Å². The number of aliphatic carboxylic acids is 1. The molecule has 0 fully saturated rings. The number of alkyl halides is 3. The van der Waals surface area contributed by atoms with Gasteiger partial charge in [-0.25, -0.2) is 14.4 Å². The Balaban J connectivity index is 1.93. The first-order valence-corrected chi connectivity index (χ1v) is 10.4. The molecule has 0 radical (unpaired) electrons. The van der Waals surface area contributed by atoms with Crippen LogP contribution in [0.1, 0.15) is 34.7 Å². The van der Waals surface area contributed by atoms with Gasteiger partial charge < -0.3 is 34.8 Å². The Kier molecular flexibility index (Phi) is 9.56. The number of esters is 3. The van der Waals surface area contributed by atoms with Gasteiger partial charge >= 0.3 is 30.1 Å². The number of carboxylic acid groups (broad SMARTS) is 1. The van der Waals surface area contributed by atoms with E-state index in [9.17, 15) is 37.1 Å². The summed E-state index contributed by atoms with van der Waals surface area (Å²) in [5, 5.41) is 18.4. The summed E-state index contributed by atoms with van der Waals surface area (Å²) >= 11 is 0. The molecule has 0 aliphatic heterocycles. The molecule has 16 heteroatoms. The zero-order valence-corrected chi connectivity index (χ0v) is 19.4. The van der Waals surface area contributed by atoms with Crippen molar-refractivity contribution in [2.45, 2.75) is 31.5 Å². The van der Waals surface area contributed by atoms with Crippen LogP contribution >= 0.6 is 0 Å². The van der Waals surface area contributed by atoms with E-state index in [-0.39, 0.29) is 35.3 Å². The number of carbonyl (C=O) groups is 5. The summed E-state index contributed by atoms with van der Waals surface area (Å²) in [7, 11) is 1.31. The quantitative estimate of drug-likeness (QED) is 0.104. The third-order valence-corrected chi connectivity index (χ3v) is 4.58. The number of methoxy groups -OCH3 is 1. The SMILES string of the molecule is COc1cc(C(=N)N)ccc1OC(=O)c1ccc(CCC(=O)N[C@@H](CC(=O)OC(=O)C(F)(F)F)C(=O)O)o1. The van der Waals surface area contributed by atoms with Gasteiger partial charge in [-0.2, -0.15) is 13.2 Å². The molecule has 0 bridgehead atoms. The number of halogens is 3. The highest BCUT2D eigenvalue weighted by Crippen LogP contribution is 2.29. The molecule has 13 nitrogen and oxygen atoms in total. The van der Waals surface area contributed by atoms with Crippen LogP contribution in [0, 0.1) is 5.41 Å². The predicted molar refractivity (Wildman–Crippen MR) is 117 cm³/mol. The second-order valence-electron chi connectivity index (χ2n) is 7.36. The first-order valence-electron chi connectivity index (χ1n) is 10.4. The van der Waals surface area contributed by atoms with Crippen LogP contribution in [0.2, 0.25) is 0 Å². The van der Waals surface area contributed by atoms with E-state index >= 15 is 0 Å². The molecule has 204 valence electrons. The first-order chi connectivity index (χ1) is 17.7. The minimum absolute atomic E-state index is 0.00926. The third-order valence-electron chi connectivity index (χ3n) is 4.58. The summed E-state index contributed by atoms with van der Waals surface area (Å²) in [5.74, 6) is -8.47. The van der Waals surface area contributed by atoms with Crippen molar-refractivity contribution in [1.29, 1.82) is 5.41 Å². The highest BCUT2D eigenvalue weighted by Gasteiger charge is 2.43. The number of nitrogens with one attached hydrogen (secondary N) is 2. The lowest BCUT2D eigenvalue weighted by molar-refractivity contribution is -0.202. The zero-order valence-electron chi connectivity index (χ0n) is 19.4. The standard InChI is InChI=1S/C22H20F3N3O10/c1-35-15-8-10(18(26)27)2-5-13(15)37-20(33)14-6-3-11(36-14)4-7-16(29)28-12(19(31)32)9-17(30)38-21(34)22(23,24)25/h2-3,5-6,8,12H,4,7,9H2,1H3,(H3,26,27)(H,28,29)(H,31,32)/t12-/m0/s1. The number of furan rings is 1. The molecule has 2 aromatic rings. The lowest BCUT2D eigenvalue weighted by Crippen LogP contribution is -2.43. The van der Waals surface area contributed by atoms with Crippen molar-refractivity contribution in [2.75, 3.05) is 7.11 Å². The molecule has 0 aliphatic carbocycles. The summed E-state index contributed by atoms with van der Waals surface area (Å²) < 4.78 is 55.6. The lowest BCUT2D eigenvalue weighted by Gasteiger charge is -2.13. The Morgan fingerprint density at radius 2 is 1.82 bits per heavy atom. The van der Waals surface area contributed by atoms with Gasteiger partial charge in [0.1, 0.15) is 17.6 Å². The summed E-state index contributed by atoms with van der Waals surface area (Å²) in [5.41, 5.74) is 5.73. The van der Waals surface area contributed by atoms with Crippen LogP contribution < -0.4 is 20.5 Å². The maximum absolute atomic E-state index is 12.4. The van der Waals surface area contributed by atoms with Gasteiger partial charge in [0.15, 0.2) is 11.5 Å². The van der Waals surface area contributed by atoms with Gasteiger partial charge in [-0.3, -0.25) is 15.0 Å². The Morgan fingerprint density at radius 1 is 1.13 bits per heavy atom. The van der Waals surface area contributed by atoms with Gasteiger partial charge in [0, 0.05) is 18.4 Å². The Bertz CT molecular complexity index is 1260. The van der Waals surface area contributed by atoms with Gasteiger partial charge in [-0.15, -0.1) is 0 Å². The Hall–Kier alpha value is -4.89.